The summed E-state index contributed by atoms with van der Waals surface area (Å²) in [4.78, 5) is 8.38. The fraction of sp³-hybridized carbons (Fsp3) is 0.417. The van der Waals surface area contributed by atoms with Gasteiger partial charge in [-0.05, 0) is 37.6 Å². The molecule has 0 saturated carbocycles. The Kier molecular flexibility index (Phi) is 4.28. The molecular weight excluding hydrogens is 252 g/mol. The van der Waals surface area contributed by atoms with Crippen LogP contribution < -0.4 is 5.32 Å². The molecule has 2 aromatic heterocycles. The minimum Gasteiger partial charge on any atom is -0.339 e. The van der Waals surface area contributed by atoms with Crippen LogP contribution in [0.4, 0.5) is 0 Å². The molecule has 18 heavy (non-hydrogen) atoms. The summed E-state index contributed by atoms with van der Waals surface area (Å²) in [6.07, 6.45) is 5.51. The van der Waals surface area contributed by atoms with Crippen molar-refractivity contribution in [1.29, 1.82) is 0 Å². The third kappa shape index (κ3) is 2.86. The Bertz CT molecular complexity index is 482. The van der Waals surface area contributed by atoms with Crippen molar-refractivity contribution in [3.63, 3.8) is 0 Å². The number of hydrogen-bond acceptors (Lipinski definition) is 5. The van der Waals surface area contributed by atoms with Crippen molar-refractivity contribution in [3.8, 4) is 11.4 Å². The molecule has 0 spiro atoms. The van der Waals surface area contributed by atoms with Crippen LogP contribution in [0.25, 0.3) is 11.4 Å². The van der Waals surface area contributed by atoms with Gasteiger partial charge in [0.05, 0.1) is 0 Å². The molecule has 3 rings (SSSR count). The summed E-state index contributed by atoms with van der Waals surface area (Å²) in [5.74, 6) is 2.00. The first kappa shape index (κ1) is 13.0. The molecule has 1 saturated heterocycles. The fourth-order valence-corrected chi connectivity index (χ4v) is 2.09. The standard InChI is InChI=1S/C12H14N4O.ClH/c1-4-14-8-9(1)7-11-15-12(16-17-11)10-2-5-13-6-3-10;/h2-3,5-6,9,14H,1,4,7-8H2;1H. The maximum absolute atomic E-state index is 5.27. The van der Waals surface area contributed by atoms with Crippen LogP contribution in [0.2, 0.25) is 0 Å². The van der Waals surface area contributed by atoms with Crippen LogP contribution >= 0.6 is 12.4 Å². The normalized spacial score (nSPS) is 18.6. The number of nitrogens with one attached hydrogen (secondary N) is 1. The van der Waals surface area contributed by atoms with Gasteiger partial charge in [-0.1, -0.05) is 5.16 Å². The first-order chi connectivity index (χ1) is 8.42. The van der Waals surface area contributed by atoms with Crippen molar-refractivity contribution >= 4 is 12.4 Å². The predicted molar refractivity (Wildman–Crippen MR) is 69.5 cm³/mol. The maximum Gasteiger partial charge on any atom is 0.227 e. The van der Waals surface area contributed by atoms with E-state index in [1.54, 1.807) is 12.4 Å². The van der Waals surface area contributed by atoms with Crippen molar-refractivity contribution < 1.29 is 4.52 Å². The molecule has 0 aliphatic carbocycles. The lowest BCUT2D eigenvalue weighted by atomic mass is 10.1. The lowest BCUT2D eigenvalue weighted by Gasteiger charge is -2.01. The second-order valence-electron chi connectivity index (χ2n) is 4.31. The Labute approximate surface area is 111 Å². The van der Waals surface area contributed by atoms with Crippen LogP contribution in [0.5, 0.6) is 0 Å². The molecule has 5 nitrogen and oxygen atoms in total. The van der Waals surface area contributed by atoms with E-state index in [-0.39, 0.29) is 12.4 Å². The smallest absolute Gasteiger partial charge is 0.227 e. The molecule has 96 valence electrons. The van der Waals surface area contributed by atoms with Gasteiger partial charge in [-0.2, -0.15) is 4.98 Å². The van der Waals surface area contributed by atoms with Crippen molar-refractivity contribution in [2.24, 2.45) is 5.92 Å². The Balaban J connectivity index is 0.00000120. The Morgan fingerprint density at radius 3 is 2.89 bits per heavy atom. The largest absolute Gasteiger partial charge is 0.339 e. The van der Waals surface area contributed by atoms with E-state index in [1.165, 1.54) is 6.42 Å². The summed E-state index contributed by atoms with van der Waals surface area (Å²) in [5, 5.41) is 7.33. The molecular formula is C12H15ClN4O. The molecule has 0 radical (unpaired) electrons. The van der Waals surface area contributed by atoms with E-state index in [0.717, 1.165) is 31.0 Å². The second-order valence-corrected chi connectivity index (χ2v) is 4.31. The lowest BCUT2D eigenvalue weighted by Crippen LogP contribution is -2.10. The Hall–Kier alpha value is -1.46. The number of pyridine rings is 1. The average molecular weight is 267 g/mol. The van der Waals surface area contributed by atoms with E-state index in [2.05, 4.69) is 20.4 Å². The van der Waals surface area contributed by atoms with Gasteiger partial charge in [0.1, 0.15) is 0 Å². The van der Waals surface area contributed by atoms with Crippen LogP contribution in [0.15, 0.2) is 29.0 Å². The molecule has 1 fully saturated rings. The van der Waals surface area contributed by atoms with Gasteiger partial charge in [-0.25, -0.2) is 0 Å². The Morgan fingerprint density at radius 1 is 1.33 bits per heavy atom. The fourth-order valence-electron chi connectivity index (χ4n) is 2.09. The van der Waals surface area contributed by atoms with Crippen LogP contribution in [-0.2, 0) is 6.42 Å². The first-order valence-corrected chi connectivity index (χ1v) is 5.85. The van der Waals surface area contributed by atoms with Crippen LogP contribution in [0, 0.1) is 5.92 Å². The zero-order valence-corrected chi connectivity index (χ0v) is 10.7. The zero-order chi connectivity index (χ0) is 11.5. The summed E-state index contributed by atoms with van der Waals surface area (Å²) in [5.41, 5.74) is 0.944. The van der Waals surface area contributed by atoms with Crippen LogP contribution in [0.1, 0.15) is 12.3 Å². The number of rotatable bonds is 3. The highest BCUT2D eigenvalue weighted by Crippen LogP contribution is 2.18. The molecule has 0 bridgehead atoms. The van der Waals surface area contributed by atoms with Crippen LogP contribution in [-0.4, -0.2) is 28.2 Å². The van der Waals surface area contributed by atoms with Gasteiger partial charge in [-0.15, -0.1) is 12.4 Å². The molecule has 1 aliphatic heterocycles. The lowest BCUT2D eigenvalue weighted by molar-refractivity contribution is 0.358. The molecule has 1 N–H and O–H groups in total. The highest BCUT2D eigenvalue weighted by molar-refractivity contribution is 5.85. The minimum absolute atomic E-state index is 0. The summed E-state index contributed by atoms with van der Waals surface area (Å²) in [6.45, 7) is 2.14. The molecule has 2 aromatic rings. The van der Waals surface area contributed by atoms with E-state index in [9.17, 15) is 0 Å². The van der Waals surface area contributed by atoms with E-state index in [1.807, 2.05) is 12.1 Å². The maximum atomic E-state index is 5.27. The average Bonchev–Trinajstić information content (AvgIpc) is 3.02. The topological polar surface area (TPSA) is 63.8 Å². The highest BCUT2D eigenvalue weighted by Gasteiger charge is 2.18. The molecule has 1 atom stereocenters. The predicted octanol–water partition coefficient (Wildman–Crippen LogP) is 1.71. The van der Waals surface area contributed by atoms with E-state index < -0.39 is 0 Å². The summed E-state index contributed by atoms with van der Waals surface area (Å²) in [6, 6.07) is 3.76. The van der Waals surface area contributed by atoms with E-state index in [0.29, 0.717) is 11.7 Å². The number of nitrogens with zero attached hydrogens (tertiary/aromatic N) is 3. The highest BCUT2D eigenvalue weighted by atomic mass is 35.5. The first-order valence-electron chi connectivity index (χ1n) is 5.85. The Morgan fingerprint density at radius 2 is 2.17 bits per heavy atom. The number of halogens is 1. The van der Waals surface area contributed by atoms with Gasteiger partial charge in [0.2, 0.25) is 11.7 Å². The van der Waals surface area contributed by atoms with E-state index in [4.69, 9.17) is 4.52 Å². The molecule has 0 amide bonds. The van der Waals surface area contributed by atoms with Gasteiger partial charge in [0.25, 0.3) is 0 Å². The van der Waals surface area contributed by atoms with Crippen molar-refractivity contribution in [1.82, 2.24) is 20.4 Å². The van der Waals surface area contributed by atoms with Crippen molar-refractivity contribution in [3.05, 3.63) is 30.4 Å². The van der Waals surface area contributed by atoms with E-state index >= 15 is 0 Å². The zero-order valence-electron chi connectivity index (χ0n) is 9.87. The third-order valence-electron chi connectivity index (χ3n) is 3.03. The number of hydrogen-bond donors (Lipinski definition) is 1. The summed E-state index contributed by atoms with van der Waals surface area (Å²) >= 11 is 0. The van der Waals surface area contributed by atoms with Crippen molar-refractivity contribution in [2.45, 2.75) is 12.8 Å². The molecule has 0 aromatic carbocycles. The van der Waals surface area contributed by atoms with Gasteiger partial charge in [-0.3, -0.25) is 4.98 Å². The van der Waals surface area contributed by atoms with Gasteiger partial charge in [0.15, 0.2) is 0 Å². The number of aromatic nitrogens is 3. The molecule has 3 heterocycles. The second kappa shape index (κ2) is 5.93. The van der Waals surface area contributed by atoms with Gasteiger partial charge >= 0.3 is 0 Å². The minimum atomic E-state index is 0. The van der Waals surface area contributed by atoms with Crippen molar-refractivity contribution in [2.75, 3.05) is 13.1 Å². The third-order valence-corrected chi connectivity index (χ3v) is 3.03. The van der Waals surface area contributed by atoms with Gasteiger partial charge < -0.3 is 9.84 Å². The summed E-state index contributed by atoms with van der Waals surface area (Å²) < 4.78 is 5.27. The van der Waals surface area contributed by atoms with Gasteiger partial charge in [0, 0.05) is 24.4 Å². The quantitative estimate of drug-likeness (QED) is 0.916. The molecule has 6 heteroatoms. The summed E-state index contributed by atoms with van der Waals surface area (Å²) in [7, 11) is 0. The molecule has 1 unspecified atom stereocenters. The monoisotopic (exact) mass is 266 g/mol. The molecule has 1 aliphatic rings. The van der Waals surface area contributed by atoms with Crippen LogP contribution in [0.3, 0.4) is 0 Å². The SMILES string of the molecule is Cl.c1cc(-c2noc(CC3CCNC3)n2)ccn1.